The molecule has 5 nitrogen and oxygen atoms in total. The van der Waals surface area contributed by atoms with E-state index in [2.05, 4.69) is 14.9 Å². The van der Waals surface area contributed by atoms with E-state index in [-0.39, 0.29) is 4.90 Å². The molecule has 0 fully saturated rings. The molecule has 0 aliphatic heterocycles. The zero-order valence-corrected chi connectivity index (χ0v) is 12.8. The first kappa shape index (κ1) is 15.0. The van der Waals surface area contributed by atoms with E-state index < -0.39 is 10.0 Å². The first-order valence-corrected chi connectivity index (χ1v) is 8.02. The minimum atomic E-state index is -3.53. The molecule has 108 valence electrons. The molecule has 0 atom stereocenters. The summed E-state index contributed by atoms with van der Waals surface area (Å²) in [5, 5.41) is 7.36. The van der Waals surface area contributed by atoms with Crippen LogP contribution in [0.5, 0.6) is 0 Å². The van der Waals surface area contributed by atoms with E-state index in [9.17, 15) is 8.42 Å². The molecular weight excluding hydrogens is 298 g/mol. The Kier molecular flexibility index (Phi) is 4.47. The third-order valence-electron chi connectivity index (χ3n) is 3.05. The Balaban J connectivity index is 2.04. The van der Waals surface area contributed by atoms with Gasteiger partial charge < -0.3 is 0 Å². The predicted octanol–water partition coefficient (Wildman–Crippen LogP) is 2.20. The molecule has 1 aromatic carbocycles. The van der Waals surface area contributed by atoms with E-state index in [0.29, 0.717) is 18.0 Å². The molecule has 0 saturated carbocycles. The monoisotopic (exact) mass is 313 g/mol. The van der Waals surface area contributed by atoms with Crippen LogP contribution in [0.15, 0.2) is 29.2 Å². The van der Waals surface area contributed by atoms with Gasteiger partial charge in [-0.1, -0.05) is 17.7 Å². The largest absolute Gasteiger partial charge is 0.282 e. The lowest BCUT2D eigenvalue weighted by atomic mass is 10.1. The molecule has 2 rings (SSSR count). The lowest BCUT2D eigenvalue weighted by molar-refractivity contribution is 0.581. The topological polar surface area (TPSA) is 74.8 Å². The number of benzene rings is 1. The van der Waals surface area contributed by atoms with Gasteiger partial charge in [0.25, 0.3) is 0 Å². The number of H-pyrrole nitrogens is 1. The van der Waals surface area contributed by atoms with Crippen LogP contribution in [0.25, 0.3) is 0 Å². The van der Waals surface area contributed by atoms with Gasteiger partial charge in [-0.25, -0.2) is 13.1 Å². The average Bonchev–Trinajstić information content (AvgIpc) is 2.70. The third-order valence-corrected chi connectivity index (χ3v) is 4.75. The molecule has 0 amide bonds. The number of hydrogen-bond donors (Lipinski definition) is 2. The molecule has 1 aromatic heterocycles. The minimum absolute atomic E-state index is 0.172. The second kappa shape index (κ2) is 5.95. The van der Waals surface area contributed by atoms with E-state index in [1.54, 1.807) is 12.1 Å². The molecule has 1 heterocycles. The molecule has 20 heavy (non-hydrogen) atoms. The Bertz CT molecular complexity index is 691. The van der Waals surface area contributed by atoms with E-state index in [1.807, 2.05) is 13.8 Å². The highest BCUT2D eigenvalue weighted by Crippen LogP contribution is 2.15. The van der Waals surface area contributed by atoms with Crippen molar-refractivity contribution >= 4 is 21.6 Å². The van der Waals surface area contributed by atoms with Gasteiger partial charge in [0.2, 0.25) is 10.0 Å². The smallest absolute Gasteiger partial charge is 0.240 e. The molecule has 0 radical (unpaired) electrons. The van der Waals surface area contributed by atoms with Gasteiger partial charge in [-0.3, -0.25) is 5.10 Å². The van der Waals surface area contributed by atoms with E-state index in [0.717, 1.165) is 17.0 Å². The molecule has 2 N–H and O–H groups in total. The normalized spacial score (nSPS) is 11.8. The summed E-state index contributed by atoms with van der Waals surface area (Å²) in [6.07, 6.45) is 0.591. The minimum Gasteiger partial charge on any atom is -0.282 e. The van der Waals surface area contributed by atoms with Gasteiger partial charge in [-0.05, 0) is 44.0 Å². The summed E-state index contributed by atoms with van der Waals surface area (Å²) in [6.45, 7) is 4.13. The fourth-order valence-electron chi connectivity index (χ4n) is 1.97. The first-order chi connectivity index (χ1) is 9.40. The number of halogens is 1. The Labute approximate surface area is 123 Å². The van der Waals surface area contributed by atoms with Gasteiger partial charge in [0.15, 0.2) is 0 Å². The highest BCUT2D eigenvalue weighted by Gasteiger charge is 2.14. The van der Waals surface area contributed by atoms with Crippen molar-refractivity contribution in [1.82, 2.24) is 14.9 Å². The van der Waals surface area contributed by atoms with Crippen LogP contribution in [0.4, 0.5) is 0 Å². The van der Waals surface area contributed by atoms with E-state index in [4.69, 9.17) is 11.6 Å². The lowest BCUT2D eigenvalue weighted by Gasteiger charge is -2.07. The van der Waals surface area contributed by atoms with Gasteiger partial charge >= 0.3 is 0 Å². The van der Waals surface area contributed by atoms with Gasteiger partial charge in [-0.15, -0.1) is 0 Å². The number of nitrogens with one attached hydrogen (secondary N) is 2. The Morgan fingerprint density at radius 3 is 2.70 bits per heavy atom. The number of rotatable bonds is 5. The van der Waals surface area contributed by atoms with Crippen molar-refractivity contribution in [2.24, 2.45) is 0 Å². The first-order valence-electron chi connectivity index (χ1n) is 6.16. The van der Waals surface area contributed by atoms with Crippen molar-refractivity contribution in [1.29, 1.82) is 0 Å². The zero-order valence-electron chi connectivity index (χ0n) is 11.3. The predicted molar refractivity (Wildman–Crippen MR) is 78.4 cm³/mol. The van der Waals surface area contributed by atoms with Crippen LogP contribution in [0.3, 0.4) is 0 Å². The SMILES string of the molecule is Cc1n[nH]c(C)c1CCNS(=O)(=O)c1cccc(Cl)c1. The fourth-order valence-corrected chi connectivity index (χ4v) is 3.30. The highest BCUT2D eigenvalue weighted by atomic mass is 35.5. The number of aromatic amines is 1. The number of hydrogen-bond acceptors (Lipinski definition) is 3. The van der Waals surface area contributed by atoms with Crippen LogP contribution in [0.2, 0.25) is 5.02 Å². The van der Waals surface area contributed by atoms with Crippen LogP contribution >= 0.6 is 11.6 Å². The quantitative estimate of drug-likeness (QED) is 0.888. The highest BCUT2D eigenvalue weighted by molar-refractivity contribution is 7.89. The van der Waals surface area contributed by atoms with Crippen molar-refractivity contribution < 1.29 is 8.42 Å². The molecule has 0 aliphatic rings. The third kappa shape index (κ3) is 3.39. The van der Waals surface area contributed by atoms with Crippen LogP contribution in [0, 0.1) is 13.8 Å². The maximum Gasteiger partial charge on any atom is 0.240 e. The molecule has 0 bridgehead atoms. The summed E-state index contributed by atoms with van der Waals surface area (Å²) in [5.74, 6) is 0. The summed E-state index contributed by atoms with van der Waals surface area (Å²) in [4.78, 5) is 0.172. The molecule has 7 heteroatoms. The number of sulfonamides is 1. The second-order valence-electron chi connectivity index (χ2n) is 4.52. The van der Waals surface area contributed by atoms with E-state index in [1.165, 1.54) is 12.1 Å². The van der Waals surface area contributed by atoms with Crippen molar-refractivity contribution in [3.63, 3.8) is 0 Å². The lowest BCUT2D eigenvalue weighted by Crippen LogP contribution is -2.26. The standard InChI is InChI=1S/C13H16ClN3O2S/c1-9-13(10(2)17-16-9)6-7-15-20(18,19)12-5-3-4-11(14)8-12/h3-5,8,15H,6-7H2,1-2H3,(H,16,17). The second-order valence-corrected chi connectivity index (χ2v) is 6.72. The van der Waals surface area contributed by atoms with Crippen LogP contribution in [-0.2, 0) is 16.4 Å². The number of aromatic nitrogens is 2. The van der Waals surface area contributed by atoms with Crippen LogP contribution in [0.1, 0.15) is 17.0 Å². The van der Waals surface area contributed by atoms with Gasteiger partial charge in [0, 0.05) is 17.3 Å². The maximum absolute atomic E-state index is 12.1. The molecule has 0 saturated heterocycles. The Morgan fingerprint density at radius 1 is 1.35 bits per heavy atom. The zero-order chi connectivity index (χ0) is 14.8. The van der Waals surface area contributed by atoms with Crippen LogP contribution in [-0.4, -0.2) is 25.2 Å². The van der Waals surface area contributed by atoms with Crippen molar-refractivity contribution in [2.75, 3.05) is 6.54 Å². The number of aryl methyl sites for hydroxylation is 2. The van der Waals surface area contributed by atoms with Crippen molar-refractivity contribution in [3.05, 3.63) is 46.2 Å². The summed E-state index contributed by atoms with van der Waals surface area (Å²) in [5.41, 5.74) is 2.90. The summed E-state index contributed by atoms with van der Waals surface area (Å²) in [7, 11) is -3.53. The average molecular weight is 314 g/mol. The molecule has 0 unspecified atom stereocenters. The Hall–Kier alpha value is -1.37. The Morgan fingerprint density at radius 2 is 2.10 bits per heavy atom. The number of nitrogens with zero attached hydrogens (tertiary/aromatic N) is 1. The maximum atomic E-state index is 12.1. The summed E-state index contributed by atoms with van der Waals surface area (Å²) >= 11 is 5.80. The van der Waals surface area contributed by atoms with Crippen molar-refractivity contribution in [3.8, 4) is 0 Å². The van der Waals surface area contributed by atoms with Crippen LogP contribution < -0.4 is 4.72 Å². The van der Waals surface area contributed by atoms with Gasteiger partial charge in [0.05, 0.1) is 10.6 Å². The summed E-state index contributed by atoms with van der Waals surface area (Å²) < 4.78 is 26.7. The van der Waals surface area contributed by atoms with Crippen molar-refractivity contribution in [2.45, 2.75) is 25.2 Å². The van der Waals surface area contributed by atoms with Gasteiger partial charge in [-0.2, -0.15) is 5.10 Å². The molecule has 2 aromatic rings. The molecule has 0 spiro atoms. The molecular formula is C13H16ClN3O2S. The van der Waals surface area contributed by atoms with Gasteiger partial charge in [0.1, 0.15) is 0 Å². The fraction of sp³-hybridized carbons (Fsp3) is 0.308. The molecule has 0 aliphatic carbocycles. The van der Waals surface area contributed by atoms with E-state index >= 15 is 0 Å². The summed E-state index contributed by atoms with van der Waals surface area (Å²) in [6, 6.07) is 6.20.